The van der Waals surface area contributed by atoms with E-state index in [-0.39, 0.29) is 22.8 Å². The van der Waals surface area contributed by atoms with Crippen molar-refractivity contribution in [3.8, 4) is 0 Å². The minimum absolute atomic E-state index is 0.108. The number of hydrogen-bond donors (Lipinski definition) is 0. The average molecular weight is 781 g/mol. The third-order valence-electron chi connectivity index (χ3n) is 15.6. The largest absolute Gasteiger partial charge is 0.295 e. The zero-order valence-corrected chi connectivity index (χ0v) is 39.4. The van der Waals surface area contributed by atoms with Crippen molar-refractivity contribution in [1.29, 1.82) is 0 Å². The van der Waals surface area contributed by atoms with Gasteiger partial charge in [0.15, 0.2) is 17.3 Å². The number of hydrogen-bond acceptors (Lipinski definition) is 3. The second-order valence-electron chi connectivity index (χ2n) is 21.6. The highest BCUT2D eigenvalue weighted by molar-refractivity contribution is 5.88. The SMILES string of the molecule is CC(=O)/C=C/C1=C(C)CCC2C(C)(C)CCCC12C.CC(=O)/C=C/C1C(C)=CCC2C(C)(C)CCCC12C.CC(=O)/C=C/C=C(\C)CCC1C(C)=CCCC1(C)C. The van der Waals surface area contributed by atoms with E-state index in [9.17, 15) is 14.4 Å². The number of allylic oxidation sites excluding steroid dienone is 14. The minimum atomic E-state index is 0.108. The summed E-state index contributed by atoms with van der Waals surface area (Å²) in [6, 6.07) is 0. The van der Waals surface area contributed by atoms with Crippen LogP contribution < -0.4 is 0 Å². The van der Waals surface area contributed by atoms with E-state index in [0.29, 0.717) is 33.5 Å². The molecule has 0 aromatic heterocycles. The Kier molecular flexibility index (Phi) is 17.0. The van der Waals surface area contributed by atoms with Crippen LogP contribution in [0.4, 0.5) is 0 Å². The van der Waals surface area contributed by atoms with Crippen LogP contribution in [0.2, 0.25) is 0 Å². The van der Waals surface area contributed by atoms with Gasteiger partial charge in [0.2, 0.25) is 0 Å². The van der Waals surface area contributed by atoms with Crippen LogP contribution in [0, 0.1) is 50.7 Å². The van der Waals surface area contributed by atoms with E-state index in [1.807, 2.05) is 6.08 Å². The Morgan fingerprint density at radius 1 is 0.684 bits per heavy atom. The molecule has 0 bridgehead atoms. The highest BCUT2D eigenvalue weighted by Gasteiger charge is 2.51. The lowest BCUT2D eigenvalue weighted by Crippen LogP contribution is -2.47. The molecular weight excluding hydrogens is 697 g/mol. The van der Waals surface area contributed by atoms with Crippen LogP contribution in [-0.2, 0) is 14.4 Å². The van der Waals surface area contributed by atoms with E-state index >= 15 is 0 Å². The van der Waals surface area contributed by atoms with Gasteiger partial charge in [0.05, 0.1) is 0 Å². The molecular formula is C54H84O3. The summed E-state index contributed by atoms with van der Waals surface area (Å²) in [5, 5.41) is 0. The Labute approximate surface area is 351 Å². The van der Waals surface area contributed by atoms with Gasteiger partial charge in [0, 0.05) is 5.92 Å². The number of rotatable bonds is 9. The fourth-order valence-electron chi connectivity index (χ4n) is 12.4. The molecule has 0 saturated heterocycles. The van der Waals surface area contributed by atoms with E-state index in [1.54, 1.807) is 44.6 Å². The zero-order chi connectivity index (χ0) is 43.0. The Hall–Kier alpha value is -2.81. The quantitative estimate of drug-likeness (QED) is 0.133. The third-order valence-corrected chi connectivity index (χ3v) is 15.6. The molecule has 3 nitrogen and oxygen atoms in total. The van der Waals surface area contributed by atoms with Crippen LogP contribution in [0.25, 0.3) is 0 Å². The van der Waals surface area contributed by atoms with Crippen LogP contribution >= 0.6 is 0 Å². The molecule has 57 heavy (non-hydrogen) atoms. The summed E-state index contributed by atoms with van der Waals surface area (Å²) >= 11 is 0. The van der Waals surface area contributed by atoms with E-state index in [4.69, 9.17) is 0 Å². The van der Waals surface area contributed by atoms with Crippen LogP contribution in [0.5, 0.6) is 0 Å². The van der Waals surface area contributed by atoms with Gasteiger partial charge in [-0.1, -0.05) is 127 Å². The van der Waals surface area contributed by atoms with Gasteiger partial charge in [0.25, 0.3) is 0 Å². The molecule has 6 atom stereocenters. The summed E-state index contributed by atoms with van der Waals surface area (Å²) < 4.78 is 0. The Morgan fingerprint density at radius 2 is 1.28 bits per heavy atom. The molecule has 0 N–H and O–H groups in total. The topological polar surface area (TPSA) is 51.2 Å². The summed E-state index contributed by atoms with van der Waals surface area (Å²) in [6.07, 6.45) is 34.6. The lowest BCUT2D eigenvalue weighted by Gasteiger charge is -2.56. The van der Waals surface area contributed by atoms with Crippen molar-refractivity contribution in [2.45, 2.75) is 187 Å². The fourth-order valence-corrected chi connectivity index (χ4v) is 12.4. The maximum absolute atomic E-state index is 11.3. The summed E-state index contributed by atoms with van der Waals surface area (Å²) in [5.41, 5.74) is 9.19. The van der Waals surface area contributed by atoms with Crippen LogP contribution in [0.3, 0.4) is 0 Å². The van der Waals surface area contributed by atoms with Gasteiger partial charge < -0.3 is 0 Å². The normalized spacial score (nSPS) is 31.9. The summed E-state index contributed by atoms with van der Waals surface area (Å²) in [7, 11) is 0. The molecule has 2 fully saturated rings. The monoisotopic (exact) mass is 781 g/mol. The molecule has 5 aliphatic carbocycles. The molecule has 0 aromatic rings. The van der Waals surface area contributed by atoms with Crippen LogP contribution in [-0.4, -0.2) is 17.3 Å². The zero-order valence-electron chi connectivity index (χ0n) is 39.4. The van der Waals surface area contributed by atoms with Crippen molar-refractivity contribution in [3.05, 3.63) is 82.5 Å². The molecule has 0 radical (unpaired) electrons. The molecule has 0 heterocycles. The molecule has 0 amide bonds. The Morgan fingerprint density at radius 3 is 1.88 bits per heavy atom. The van der Waals surface area contributed by atoms with Crippen LogP contribution in [0.15, 0.2) is 82.5 Å². The lowest BCUT2D eigenvalue weighted by atomic mass is 9.49. The van der Waals surface area contributed by atoms with Crippen molar-refractivity contribution in [2.24, 2.45) is 50.7 Å². The number of fused-ring (bicyclic) bond motifs is 2. The highest BCUT2D eigenvalue weighted by Crippen LogP contribution is 2.61. The fraction of sp³-hybridized carbons (Fsp3) is 0.685. The van der Waals surface area contributed by atoms with Gasteiger partial charge >= 0.3 is 0 Å². The Bertz CT molecular complexity index is 1650. The predicted molar refractivity (Wildman–Crippen MR) is 245 cm³/mol. The van der Waals surface area contributed by atoms with Crippen molar-refractivity contribution < 1.29 is 14.4 Å². The molecule has 5 aliphatic rings. The van der Waals surface area contributed by atoms with Gasteiger partial charge in [-0.25, -0.2) is 0 Å². The van der Waals surface area contributed by atoms with Gasteiger partial charge in [-0.3, -0.25) is 14.4 Å². The number of ketones is 3. The highest BCUT2D eigenvalue weighted by atomic mass is 16.1. The van der Waals surface area contributed by atoms with Gasteiger partial charge in [-0.15, -0.1) is 0 Å². The maximum atomic E-state index is 11.3. The molecule has 6 unspecified atom stereocenters. The molecule has 2 saturated carbocycles. The predicted octanol–water partition coefficient (Wildman–Crippen LogP) is 15.2. The van der Waals surface area contributed by atoms with Crippen molar-refractivity contribution in [3.63, 3.8) is 0 Å². The van der Waals surface area contributed by atoms with Gasteiger partial charge in [-0.05, 0) is 188 Å². The molecule has 5 rings (SSSR count). The lowest BCUT2D eigenvalue weighted by molar-refractivity contribution is -0.113. The smallest absolute Gasteiger partial charge is 0.152 e. The minimum Gasteiger partial charge on any atom is -0.295 e. The Balaban J connectivity index is 0.000000229. The summed E-state index contributed by atoms with van der Waals surface area (Å²) in [5.74, 6) is 3.05. The average Bonchev–Trinajstić information content (AvgIpc) is 3.06. The van der Waals surface area contributed by atoms with E-state index < -0.39 is 0 Å². The molecule has 0 aromatic carbocycles. The summed E-state index contributed by atoms with van der Waals surface area (Å²) in [4.78, 5) is 33.4. The van der Waals surface area contributed by atoms with Crippen molar-refractivity contribution in [2.75, 3.05) is 0 Å². The first-order valence-corrected chi connectivity index (χ1v) is 22.6. The number of carbonyl (C=O) groups is 3. The first-order chi connectivity index (χ1) is 26.4. The summed E-state index contributed by atoms with van der Waals surface area (Å²) in [6.45, 7) is 33.2. The van der Waals surface area contributed by atoms with E-state index in [2.05, 4.69) is 113 Å². The standard InChI is InChI=1S/3C18H28O/c2*1-13-7-10-16-17(3,4)11-6-12-18(16,5)15(13)9-8-14(2)19;1-14(8-6-10-16(3)19)11-12-17-15(2)9-7-13-18(17,4)5/h8-9,16H,6-7,10-12H2,1-5H3;7-9,15-16H,6,10-12H2,1-5H3;6,8-10,17H,7,11-13H2,1-5H3/b2*9-8+;10-6+,14-8+. The first kappa shape index (κ1) is 48.6. The second kappa shape index (κ2) is 20.0. The second-order valence-corrected chi connectivity index (χ2v) is 21.6. The van der Waals surface area contributed by atoms with Gasteiger partial charge in [0.1, 0.15) is 0 Å². The van der Waals surface area contributed by atoms with Crippen molar-refractivity contribution in [1.82, 2.24) is 0 Å². The van der Waals surface area contributed by atoms with E-state index in [1.165, 1.54) is 99.3 Å². The number of carbonyl (C=O) groups excluding carboxylic acids is 3. The molecule has 0 aliphatic heterocycles. The third kappa shape index (κ3) is 12.6. The molecule has 318 valence electrons. The van der Waals surface area contributed by atoms with Crippen molar-refractivity contribution >= 4 is 17.3 Å². The first-order valence-electron chi connectivity index (χ1n) is 22.6. The molecule has 3 heteroatoms. The van der Waals surface area contributed by atoms with Crippen LogP contribution in [0.1, 0.15) is 187 Å². The van der Waals surface area contributed by atoms with E-state index in [0.717, 1.165) is 18.3 Å². The molecule has 0 spiro atoms. The van der Waals surface area contributed by atoms with Gasteiger partial charge in [-0.2, -0.15) is 0 Å². The maximum Gasteiger partial charge on any atom is 0.152 e.